The number of carbonyl (C=O) groups is 1. The summed E-state index contributed by atoms with van der Waals surface area (Å²) in [6, 6.07) is 19.0. The normalized spacial score (nSPS) is 15.6. The number of aromatic amines is 1. The Balaban J connectivity index is 1.79. The van der Waals surface area contributed by atoms with Crippen molar-refractivity contribution in [1.29, 1.82) is 0 Å². The van der Waals surface area contributed by atoms with Gasteiger partial charge in [0.05, 0.1) is 11.3 Å². The first-order valence-electron chi connectivity index (χ1n) is 10.8. The minimum absolute atomic E-state index is 0.0981. The van der Waals surface area contributed by atoms with Crippen LogP contribution >= 0.6 is 0 Å². The molecule has 3 aromatic rings. The van der Waals surface area contributed by atoms with E-state index >= 15 is 0 Å². The summed E-state index contributed by atoms with van der Waals surface area (Å²) in [4.78, 5) is 28.1. The number of piperidine rings is 1. The second-order valence-corrected chi connectivity index (χ2v) is 8.15. The standard InChI is InChI=1S/C25H27N3O3/c1-2-13-25(31)14-16-28(17-15-25)24(30)21-20(18-9-5-3-6-10-18)22(26-27-23(21)29)19-11-7-4-8-12-19/h3-12,31H,2,13-17H2,1H3,(H,27,29). The van der Waals surface area contributed by atoms with Crippen LogP contribution in [0.4, 0.5) is 0 Å². The molecular formula is C25H27N3O3. The number of nitrogens with zero attached hydrogens (tertiary/aromatic N) is 2. The third kappa shape index (κ3) is 4.30. The van der Waals surface area contributed by atoms with E-state index in [0.717, 1.165) is 24.0 Å². The number of aliphatic hydroxyl groups is 1. The van der Waals surface area contributed by atoms with Crippen molar-refractivity contribution in [3.8, 4) is 22.4 Å². The lowest BCUT2D eigenvalue weighted by molar-refractivity contribution is -0.0233. The number of likely N-dealkylation sites (tertiary alicyclic amines) is 1. The Morgan fingerprint density at radius 2 is 1.61 bits per heavy atom. The molecule has 6 nitrogen and oxygen atoms in total. The molecule has 0 bridgehead atoms. The van der Waals surface area contributed by atoms with Gasteiger partial charge >= 0.3 is 0 Å². The molecule has 0 radical (unpaired) electrons. The van der Waals surface area contributed by atoms with E-state index in [1.54, 1.807) is 4.90 Å². The predicted octanol–water partition coefficient (Wildman–Crippen LogP) is 3.87. The fourth-order valence-corrected chi connectivity index (χ4v) is 4.34. The van der Waals surface area contributed by atoms with Crippen LogP contribution in [0.3, 0.4) is 0 Å². The molecule has 1 amide bonds. The average molecular weight is 418 g/mol. The second kappa shape index (κ2) is 8.86. The molecule has 31 heavy (non-hydrogen) atoms. The summed E-state index contributed by atoms with van der Waals surface area (Å²) in [5.74, 6) is -0.321. The van der Waals surface area contributed by atoms with Crippen molar-refractivity contribution in [1.82, 2.24) is 15.1 Å². The van der Waals surface area contributed by atoms with Crippen molar-refractivity contribution < 1.29 is 9.90 Å². The van der Waals surface area contributed by atoms with Gasteiger partial charge in [-0.25, -0.2) is 5.10 Å². The summed E-state index contributed by atoms with van der Waals surface area (Å²) in [7, 11) is 0. The van der Waals surface area contributed by atoms with E-state index < -0.39 is 11.2 Å². The molecule has 2 heterocycles. The van der Waals surface area contributed by atoms with Crippen molar-refractivity contribution in [3.05, 3.63) is 76.6 Å². The van der Waals surface area contributed by atoms with Gasteiger partial charge in [-0.15, -0.1) is 0 Å². The SMILES string of the molecule is CCCC1(O)CCN(C(=O)c2c(-c3ccccc3)c(-c3ccccc3)n[nH]c2=O)CC1. The Kier molecular flexibility index (Phi) is 6.00. The zero-order chi connectivity index (χ0) is 21.8. The maximum atomic E-state index is 13.6. The number of carbonyl (C=O) groups excluding carboxylic acids is 1. The molecule has 1 aliphatic rings. The maximum Gasteiger partial charge on any atom is 0.277 e. The van der Waals surface area contributed by atoms with E-state index in [1.807, 2.05) is 67.6 Å². The molecule has 2 aromatic carbocycles. The van der Waals surface area contributed by atoms with Gasteiger partial charge in [-0.2, -0.15) is 5.10 Å². The topological polar surface area (TPSA) is 86.3 Å². The number of H-pyrrole nitrogens is 1. The fraction of sp³-hybridized carbons (Fsp3) is 0.320. The zero-order valence-corrected chi connectivity index (χ0v) is 17.7. The Bertz CT molecular complexity index is 1100. The molecular weight excluding hydrogens is 390 g/mol. The second-order valence-electron chi connectivity index (χ2n) is 8.15. The van der Waals surface area contributed by atoms with Crippen LogP contribution in [0.5, 0.6) is 0 Å². The van der Waals surface area contributed by atoms with Crippen LogP contribution < -0.4 is 5.56 Å². The largest absolute Gasteiger partial charge is 0.390 e. The highest BCUT2D eigenvalue weighted by molar-refractivity contribution is 6.03. The summed E-state index contributed by atoms with van der Waals surface area (Å²) in [5.41, 5.74) is 1.56. The van der Waals surface area contributed by atoms with Crippen molar-refractivity contribution in [2.24, 2.45) is 0 Å². The van der Waals surface area contributed by atoms with Gasteiger partial charge in [0.15, 0.2) is 0 Å². The Morgan fingerprint density at radius 3 is 2.19 bits per heavy atom. The van der Waals surface area contributed by atoms with E-state index in [-0.39, 0.29) is 11.5 Å². The summed E-state index contributed by atoms with van der Waals surface area (Å²) in [6.45, 7) is 2.89. The van der Waals surface area contributed by atoms with Gasteiger partial charge in [0, 0.05) is 24.2 Å². The molecule has 4 rings (SSSR count). The molecule has 0 saturated carbocycles. The molecule has 0 unspecified atom stereocenters. The Morgan fingerprint density at radius 1 is 1.03 bits per heavy atom. The van der Waals surface area contributed by atoms with Gasteiger partial charge in [0.25, 0.3) is 11.5 Å². The monoisotopic (exact) mass is 417 g/mol. The minimum Gasteiger partial charge on any atom is -0.390 e. The maximum absolute atomic E-state index is 13.6. The quantitative estimate of drug-likeness (QED) is 0.660. The van der Waals surface area contributed by atoms with Crippen molar-refractivity contribution >= 4 is 5.91 Å². The number of rotatable bonds is 5. The van der Waals surface area contributed by atoms with E-state index in [0.29, 0.717) is 37.2 Å². The molecule has 2 N–H and O–H groups in total. The van der Waals surface area contributed by atoms with Gasteiger partial charge in [-0.1, -0.05) is 74.0 Å². The van der Waals surface area contributed by atoms with E-state index in [2.05, 4.69) is 10.2 Å². The molecule has 0 spiro atoms. The first-order valence-corrected chi connectivity index (χ1v) is 10.8. The Hall–Kier alpha value is -3.25. The molecule has 0 aliphatic carbocycles. The van der Waals surface area contributed by atoms with Gasteiger partial charge < -0.3 is 10.0 Å². The number of amides is 1. The zero-order valence-electron chi connectivity index (χ0n) is 17.7. The van der Waals surface area contributed by atoms with E-state index in [1.165, 1.54) is 0 Å². The highest BCUT2D eigenvalue weighted by Crippen LogP contribution is 2.33. The summed E-state index contributed by atoms with van der Waals surface area (Å²) < 4.78 is 0. The van der Waals surface area contributed by atoms with Gasteiger partial charge in [-0.3, -0.25) is 9.59 Å². The van der Waals surface area contributed by atoms with Crippen LogP contribution in [0, 0.1) is 0 Å². The lowest BCUT2D eigenvalue weighted by Gasteiger charge is -2.38. The first-order chi connectivity index (χ1) is 15.0. The highest BCUT2D eigenvalue weighted by atomic mass is 16.3. The van der Waals surface area contributed by atoms with Crippen LogP contribution in [-0.2, 0) is 0 Å². The van der Waals surface area contributed by atoms with Crippen molar-refractivity contribution in [2.45, 2.75) is 38.2 Å². The fourth-order valence-electron chi connectivity index (χ4n) is 4.34. The van der Waals surface area contributed by atoms with Crippen LogP contribution in [-0.4, -0.2) is 44.8 Å². The lowest BCUT2D eigenvalue weighted by Crippen LogP contribution is -2.47. The number of aromatic nitrogens is 2. The molecule has 1 saturated heterocycles. The smallest absolute Gasteiger partial charge is 0.277 e. The van der Waals surface area contributed by atoms with Crippen molar-refractivity contribution in [3.63, 3.8) is 0 Å². The van der Waals surface area contributed by atoms with Crippen LogP contribution in [0.2, 0.25) is 0 Å². The lowest BCUT2D eigenvalue weighted by atomic mass is 9.87. The molecule has 0 atom stereocenters. The molecule has 1 fully saturated rings. The van der Waals surface area contributed by atoms with Crippen LogP contribution in [0.15, 0.2) is 65.5 Å². The third-order valence-electron chi connectivity index (χ3n) is 6.00. The third-order valence-corrected chi connectivity index (χ3v) is 6.00. The average Bonchev–Trinajstić information content (AvgIpc) is 2.80. The summed E-state index contributed by atoms with van der Waals surface area (Å²) in [6.07, 6.45) is 2.65. The first kappa shape index (κ1) is 21.0. The molecule has 1 aliphatic heterocycles. The van der Waals surface area contributed by atoms with E-state index in [4.69, 9.17) is 0 Å². The molecule has 1 aromatic heterocycles. The summed E-state index contributed by atoms with van der Waals surface area (Å²) >= 11 is 0. The number of nitrogens with one attached hydrogen (secondary N) is 1. The molecule has 160 valence electrons. The molecule has 6 heteroatoms. The highest BCUT2D eigenvalue weighted by Gasteiger charge is 2.35. The summed E-state index contributed by atoms with van der Waals surface area (Å²) in [5, 5.41) is 17.5. The van der Waals surface area contributed by atoms with Gasteiger partial charge in [-0.05, 0) is 24.8 Å². The number of hydrogen-bond acceptors (Lipinski definition) is 4. The van der Waals surface area contributed by atoms with Gasteiger partial charge in [0.1, 0.15) is 5.56 Å². The van der Waals surface area contributed by atoms with E-state index in [9.17, 15) is 14.7 Å². The number of hydrogen-bond donors (Lipinski definition) is 2. The van der Waals surface area contributed by atoms with Crippen LogP contribution in [0.25, 0.3) is 22.4 Å². The Labute approximate surface area is 181 Å². The van der Waals surface area contributed by atoms with Crippen molar-refractivity contribution in [2.75, 3.05) is 13.1 Å². The predicted molar refractivity (Wildman–Crippen MR) is 121 cm³/mol. The van der Waals surface area contributed by atoms with Crippen LogP contribution in [0.1, 0.15) is 43.0 Å². The van der Waals surface area contributed by atoms with Gasteiger partial charge in [0.2, 0.25) is 0 Å². The minimum atomic E-state index is -0.729. The number of benzene rings is 2.